The molecule has 0 bridgehead atoms. The van der Waals surface area contributed by atoms with Crippen molar-refractivity contribution in [3.8, 4) is 0 Å². The summed E-state index contributed by atoms with van der Waals surface area (Å²) in [5.41, 5.74) is 6.46. The van der Waals surface area contributed by atoms with Gasteiger partial charge in [-0.3, -0.25) is 4.79 Å². The van der Waals surface area contributed by atoms with Crippen molar-refractivity contribution < 1.29 is 22.7 Å². The molecule has 0 saturated carbocycles. The number of carbonyl (C=O) groups excluding carboxylic acids is 2. The van der Waals surface area contributed by atoms with Crippen LogP contribution in [0.25, 0.3) is 0 Å². The molecule has 7 nitrogen and oxygen atoms in total. The second-order valence-corrected chi connectivity index (χ2v) is 8.86. The number of carbonyl (C=O) groups is 2. The van der Waals surface area contributed by atoms with E-state index < -0.39 is 28.0 Å². The van der Waals surface area contributed by atoms with Gasteiger partial charge in [0.1, 0.15) is 0 Å². The largest absolute Gasteiger partial charge is 0.449 e. The van der Waals surface area contributed by atoms with Crippen LogP contribution >= 0.6 is 0 Å². The second kappa shape index (κ2) is 7.75. The molecule has 1 aromatic carbocycles. The van der Waals surface area contributed by atoms with Crippen LogP contribution in [0.15, 0.2) is 17.0 Å². The third-order valence-electron chi connectivity index (χ3n) is 4.90. The van der Waals surface area contributed by atoms with Gasteiger partial charge in [0.2, 0.25) is 10.0 Å². The highest BCUT2D eigenvalue weighted by atomic mass is 32.2. The molecule has 1 heterocycles. The average molecular weight is 382 g/mol. The van der Waals surface area contributed by atoms with Crippen molar-refractivity contribution in [2.24, 2.45) is 11.7 Å². The molecule has 0 aromatic heterocycles. The maximum absolute atomic E-state index is 13.1. The smallest absolute Gasteiger partial charge is 0.338 e. The van der Waals surface area contributed by atoms with Crippen molar-refractivity contribution in [1.29, 1.82) is 0 Å². The molecule has 1 amide bonds. The van der Waals surface area contributed by atoms with Crippen LogP contribution in [0, 0.1) is 19.8 Å². The summed E-state index contributed by atoms with van der Waals surface area (Å²) in [4.78, 5) is 23.5. The summed E-state index contributed by atoms with van der Waals surface area (Å²) in [5.74, 6) is -1.04. The number of benzene rings is 1. The van der Waals surface area contributed by atoms with Gasteiger partial charge in [0.25, 0.3) is 5.91 Å². The lowest BCUT2D eigenvalue weighted by Crippen LogP contribution is -2.38. The number of piperidine rings is 1. The monoisotopic (exact) mass is 382 g/mol. The van der Waals surface area contributed by atoms with E-state index in [-0.39, 0.29) is 10.5 Å². The van der Waals surface area contributed by atoms with Gasteiger partial charge in [-0.25, -0.2) is 13.2 Å². The molecule has 0 spiro atoms. The van der Waals surface area contributed by atoms with Crippen LogP contribution in [0.5, 0.6) is 0 Å². The molecule has 144 valence electrons. The van der Waals surface area contributed by atoms with Gasteiger partial charge in [-0.05, 0) is 62.8 Å². The van der Waals surface area contributed by atoms with Crippen LogP contribution in [0.1, 0.15) is 48.2 Å². The highest BCUT2D eigenvalue weighted by Crippen LogP contribution is 2.28. The number of hydrogen-bond acceptors (Lipinski definition) is 5. The lowest BCUT2D eigenvalue weighted by molar-refractivity contribution is -0.125. The van der Waals surface area contributed by atoms with Gasteiger partial charge in [-0.15, -0.1) is 0 Å². The first-order valence-corrected chi connectivity index (χ1v) is 10.1. The van der Waals surface area contributed by atoms with Crippen LogP contribution in [0.3, 0.4) is 0 Å². The van der Waals surface area contributed by atoms with Crippen LogP contribution in [0.4, 0.5) is 0 Å². The van der Waals surface area contributed by atoms with E-state index in [1.807, 2.05) is 0 Å². The Hall–Kier alpha value is -1.93. The summed E-state index contributed by atoms with van der Waals surface area (Å²) in [5, 5.41) is 0. The van der Waals surface area contributed by atoms with E-state index in [2.05, 4.69) is 6.92 Å². The first-order valence-electron chi connectivity index (χ1n) is 8.65. The SMILES string of the molecule is Cc1cc(C(=O)O[C@H](C)C(N)=O)cc(S(=O)(=O)N2CCC(C)CC2)c1C. The van der Waals surface area contributed by atoms with Crippen molar-refractivity contribution in [2.75, 3.05) is 13.1 Å². The standard InChI is InChI=1S/C18H26N2O5S/c1-11-5-7-20(8-6-11)26(23,24)16-10-15(9-12(2)13(16)3)18(22)25-14(4)17(19)21/h9-11,14H,5-8H2,1-4H3,(H2,19,21)/t14-/m1/s1. The van der Waals surface area contributed by atoms with Crippen molar-refractivity contribution in [3.63, 3.8) is 0 Å². The Kier molecular flexibility index (Phi) is 6.08. The predicted octanol–water partition coefficient (Wildman–Crippen LogP) is 1.75. The van der Waals surface area contributed by atoms with Crippen molar-refractivity contribution in [2.45, 2.75) is 51.5 Å². The Morgan fingerprint density at radius 2 is 1.81 bits per heavy atom. The lowest BCUT2D eigenvalue weighted by Gasteiger charge is -2.30. The summed E-state index contributed by atoms with van der Waals surface area (Å²) >= 11 is 0. The third kappa shape index (κ3) is 4.24. The zero-order valence-corrected chi connectivity index (χ0v) is 16.4. The van der Waals surface area contributed by atoms with E-state index in [4.69, 9.17) is 10.5 Å². The molecule has 2 rings (SSSR count). The number of nitrogens with zero attached hydrogens (tertiary/aromatic N) is 1. The van der Waals surface area contributed by atoms with E-state index >= 15 is 0 Å². The summed E-state index contributed by atoms with van der Waals surface area (Å²) in [6, 6.07) is 2.88. The Balaban J connectivity index is 2.38. The fourth-order valence-corrected chi connectivity index (χ4v) is 4.66. The van der Waals surface area contributed by atoms with E-state index in [1.165, 1.54) is 17.3 Å². The number of aryl methyl sites for hydroxylation is 1. The minimum Gasteiger partial charge on any atom is -0.449 e. The Morgan fingerprint density at radius 1 is 1.23 bits per heavy atom. The van der Waals surface area contributed by atoms with E-state index in [9.17, 15) is 18.0 Å². The van der Waals surface area contributed by atoms with Crippen LogP contribution in [-0.4, -0.2) is 43.8 Å². The van der Waals surface area contributed by atoms with E-state index in [0.717, 1.165) is 12.8 Å². The van der Waals surface area contributed by atoms with Crippen molar-refractivity contribution >= 4 is 21.9 Å². The Labute approximate surface area is 154 Å². The minimum atomic E-state index is -3.71. The molecular formula is C18H26N2O5S. The van der Waals surface area contributed by atoms with E-state index in [1.54, 1.807) is 19.9 Å². The van der Waals surface area contributed by atoms with Gasteiger partial charge in [-0.1, -0.05) is 6.92 Å². The number of sulfonamides is 1. The maximum Gasteiger partial charge on any atom is 0.338 e. The van der Waals surface area contributed by atoms with Gasteiger partial charge in [0.05, 0.1) is 10.5 Å². The van der Waals surface area contributed by atoms with E-state index in [0.29, 0.717) is 30.1 Å². The van der Waals surface area contributed by atoms with Crippen molar-refractivity contribution in [3.05, 3.63) is 28.8 Å². The minimum absolute atomic E-state index is 0.0881. The van der Waals surface area contributed by atoms with Gasteiger partial charge in [0.15, 0.2) is 6.10 Å². The van der Waals surface area contributed by atoms with Gasteiger partial charge < -0.3 is 10.5 Å². The highest BCUT2D eigenvalue weighted by molar-refractivity contribution is 7.89. The maximum atomic E-state index is 13.1. The number of primary amides is 1. The number of ether oxygens (including phenoxy) is 1. The summed E-state index contributed by atoms with van der Waals surface area (Å²) < 4.78 is 32.6. The zero-order valence-electron chi connectivity index (χ0n) is 15.6. The fraction of sp³-hybridized carbons (Fsp3) is 0.556. The van der Waals surface area contributed by atoms with Gasteiger partial charge in [-0.2, -0.15) is 4.31 Å². The fourth-order valence-electron chi connectivity index (χ4n) is 2.86. The second-order valence-electron chi connectivity index (χ2n) is 6.95. The molecule has 1 saturated heterocycles. The molecule has 2 N–H and O–H groups in total. The lowest BCUT2D eigenvalue weighted by atomic mass is 10.0. The summed E-state index contributed by atoms with van der Waals surface area (Å²) in [6.45, 7) is 7.87. The topological polar surface area (TPSA) is 107 Å². The Bertz CT molecular complexity index is 811. The molecule has 1 aromatic rings. The molecule has 1 aliphatic rings. The van der Waals surface area contributed by atoms with Gasteiger partial charge in [0, 0.05) is 13.1 Å². The van der Waals surface area contributed by atoms with Crippen LogP contribution in [-0.2, 0) is 19.6 Å². The van der Waals surface area contributed by atoms with Crippen LogP contribution < -0.4 is 5.73 Å². The molecule has 0 unspecified atom stereocenters. The normalized spacial score (nSPS) is 17.7. The first-order chi connectivity index (χ1) is 12.0. The summed E-state index contributed by atoms with van der Waals surface area (Å²) in [7, 11) is -3.71. The first kappa shape index (κ1) is 20.4. The molecule has 8 heteroatoms. The highest BCUT2D eigenvalue weighted by Gasteiger charge is 2.31. The molecule has 1 atom stereocenters. The molecule has 0 radical (unpaired) electrons. The third-order valence-corrected chi connectivity index (χ3v) is 6.93. The zero-order chi connectivity index (χ0) is 19.6. The number of esters is 1. The van der Waals surface area contributed by atoms with Gasteiger partial charge >= 0.3 is 5.97 Å². The Morgan fingerprint density at radius 3 is 2.35 bits per heavy atom. The molecular weight excluding hydrogens is 356 g/mol. The molecule has 26 heavy (non-hydrogen) atoms. The van der Waals surface area contributed by atoms with Crippen LogP contribution in [0.2, 0.25) is 0 Å². The number of nitrogens with two attached hydrogens (primary N) is 1. The molecule has 1 aliphatic heterocycles. The average Bonchev–Trinajstić information content (AvgIpc) is 2.57. The quantitative estimate of drug-likeness (QED) is 0.781. The predicted molar refractivity (Wildman–Crippen MR) is 97.1 cm³/mol. The number of amides is 1. The number of rotatable bonds is 5. The molecule has 1 fully saturated rings. The molecule has 0 aliphatic carbocycles. The number of hydrogen-bond donors (Lipinski definition) is 1. The van der Waals surface area contributed by atoms with Crippen molar-refractivity contribution in [1.82, 2.24) is 4.31 Å². The summed E-state index contributed by atoms with van der Waals surface area (Å²) in [6.07, 6.45) is 0.539.